The quantitative estimate of drug-likeness (QED) is 0.229. The lowest BCUT2D eigenvalue weighted by Crippen LogP contribution is -2.27. The molecule has 0 unspecified atom stereocenters. The Balaban J connectivity index is 1.47. The van der Waals surface area contributed by atoms with E-state index < -0.39 is 0 Å². The minimum absolute atomic E-state index is 0.0547. The van der Waals surface area contributed by atoms with Crippen molar-refractivity contribution in [1.82, 2.24) is 4.57 Å². The number of fused-ring (bicyclic) bond motifs is 5. The first-order chi connectivity index (χ1) is 18.6. The van der Waals surface area contributed by atoms with Crippen molar-refractivity contribution in [3.05, 3.63) is 126 Å². The summed E-state index contributed by atoms with van der Waals surface area (Å²) in [4.78, 5) is 0. The molecule has 0 spiro atoms. The fourth-order valence-electron chi connectivity index (χ4n) is 6.85. The van der Waals surface area contributed by atoms with Gasteiger partial charge in [-0.05, 0) is 87.3 Å². The molecule has 0 radical (unpaired) electrons. The van der Waals surface area contributed by atoms with E-state index in [4.69, 9.17) is 0 Å². The predicted molar refractivity (Wildman–Crippen MR) is 162 cm³/mol. The summed E-state index contributed by atoms with van der Waals surface area (Å²) in [6.07, 6.45) is 6.93. The van der Waals surface area contributed by atoms with E-state index in [1.807, 2.05) is 0 Å². The highest BCUT2D eigenvalue weighted by Gasteiger charge is 2.37. The molecule has 0 atom stereocenters. The van der Waals surface area contributed by atoms with Crippen LogP contribution in [0.4, 0.5) is 0 Å². The number of rotatable bonds is 2. The summed E-state index contributed by atoms with van der Waals surface area (Å²) in [5.41, 5.74) is 12.1. The van der Waals surface area contributed by atoms with Crippen LogP contribution in [0.15, 0.2) is 121 Å². The van der Waals surface area contributed by atoms with Gasteiger partial charge in [0.2, 0.25) is 0 Å². The molecule has 2 aliphatic rings. The van der Waals surface area contributed by atoms with Gasteiger partial charge in [0.1, 0.15) is 0 Å². The summed E-state index contributed by atoms with van der Waals surface area (Å²) in [5.74, 6) is 0. The first-order valence-corrected chi connectivity index (χ1v) is 13.7. The van der Waals surface area contributed by atoms with Crippen molar-refractivity contribution in [2.24, 2.45) is 0 Å². The predicted octanol–water partition coefficient (Wildman–Crippen LogP) is 10.1. The maximum absolute atomic E-state index is 2.59. The molecule has 8 rings (SSSR count). The van der Waals surface area contributed by atoms with E-state index in [2.05, 4.69) is 134 Å². The number of allylic oxidation sites excluding steroid dienone is 4. The van der Waals surface area contributed by atoms with Crippen molar-refractivity contribution in [3.63, 3.8) is 0 Å². The molecule has 182 valence electrons. The van der Waals surface area contributed by atoms with Crippen LogP contribution >= 0.6 is 0 Å². The fourth-order valence-corrected chi connectivity index (χ4v) is 6.85. The summed E-state index contributed by atoms with van der Waals surface area (Å²) < 4.78 is 2.59. The van der Waals surface area contributed by atoms with Gasteiger partial charge in [-0.25, -0.2) is 0 Å². The van der Waals surface area contributed by atoms with Gasteiger partial charge in [0, 0.05) is 21.9 Å². The Bertz CT molecular complexity index is 1980. The third-order valence-electron chi connectivity index (χ3n) is 8.81. The molecule has 5 aromatic carbocycles. The van der Waals surface area contributed by atoms with Crippen LogP contribution < -0.4 is 0 Å². The second-order valence-electron chi connectivity index (χ2n) is 11.3. The number of nitrogens with zero attached hydrogens (tertiary/aromatic N) is 1. The van der Waals surface area contributed by atoms with Gasteiger partial charge in [-0.2, -0.15) is 0 Å². The molecule has 0 N–H and O–H groups in total. The Kier molecular flexibility index (Phi) is 4.47. The highest BCUT2D eigenvalue weighted by Crippen LogP contribution is 2.51. The third kappa shape index (κ3) is 2.99. The molecular formula is C37H29N. The Labute approximate surface area is 223 Å². The first-order valence-electron chi connectivity index (χ1n) is 13.7. The van der Waals surface area contributed by atoms with E-state index in [1.54, 1.807) is 0 Å². The normalized spacial score (nSPS) is 15.9. The van der Waals surface area contributed by atoms with E-state index in [-0.39, 0.29) is 5.41 Å². The van der Waals surface area contributed by atoms with Gasteiger partial charge in [0.25, 0.3) is 0 Å². The molecule has 1 nitrogen and oxygen atoms in total. The molecule has 0 amide bonds. The molecule has 1 aliphatic carbocycles. The van der Waals surface area contributed by atoms with E-state index in [0.717, 1.165) is 12.8 Å². The van der Waals surface area contributed by atoms with Crippen molar-refractivity contribution >= 4 is 38.3 Å². The molecular weight excluding hydrogens is 458 g/mol. The van der Waals surface area contributed by atoms with Crippen LogP contribution in [0.25, 0.3) is 60.5 Å². The van der Waals surface area contributed by atoms with Crippen molar-refractivity contribution < 1.29 is 0 Å². The summed E-state index contributed by atoms with van der Waals surface area (Å²) in [6.45, 7) is 4.81. The lowest BCUT2D eigenvalue weighted by Gasteiger charge is -2.37. The second kappa shape index (κ2) is 7.82. The standard InChI is InChI=1S/C37H29N/c1-37(2)32-14-8-9-15-35(32)38-34-19-18-28(27-17-16-25-12-6-7-13-26(25)20-27)21-30(34)31-22-29(23-33(37)36(31)38)24-10-4-3-5-11-24/h3-8,10-14,16-23H,9,15H2,1-2H3. The molecule has 0 saturated heterocycles. The molecule has 0 fully saturated rings. The van der Waals surface area contributed by atoms with Crippen LogP contribution in [0.2, 0.25) is 0 Å². The van der Waals surface area contributed by atoms with E-state index in [0.29, 0.717) is 0 Å². The van der Waals surface area contributed by atoms with Gasteiger partial charge in [0.15, 0.2) is 0 Å². The molecule has 2 heterocycles. The number of aromatic nitrogens is 1. The fraction of sp³-hybridized carbons (Fsp3) is 0.135. The van der Waals surface area contributed by atoms with Gasteiger partial charge < -0.3 is 4.57 Å². The molecule has 0 bridgehead atoms. The van der Waals surface area contributed by atoms with Crippen LogP contribution in [0.5, 0.6) is 0 Å². The molecule has 6 aromatic rings. The van der Waals surface area contributed by atoms with Crippen LogP contribution in [0.1, 0.15) is 32.3 Å². The maximum Gasteiger partial charge on any atom is 0.0579 e. The summed E-state index contributed by atoms with van der Waals surface area (Å²) in [5, 5.41) is 5.26. The monoisotopic (exact) mass is 487 g/mol. The van der Waals surface area contributed by atoms with Crippen LogP contribution in [-0.2, 0) is 5.41 Å². The largest absolute Gasteiger partial charge is 0.312 e. The zero-order valence-corrected chi connectivity index (χ0v) is 21.8. The van der Waals surface area contributed by atoms with Crippen molar-refractivity contribution in [2.45, 2.75) is 32.1 Å². The zero-order chi connectivity index (χ0) is 25.4. The van der Waals surface area contributed by atoms with Crippen molar-refractivity contribution in [3.8, 4) is 22.3 Å². The van der Waals surface area contributed by atoms with Gasteiger partial charge in [-0.3, -0.25) is 0 Å². The summed E-state index contributed by atoms with van der Waals surface area (Å²) >= 11 is 0. The lowest BCUT2D eigenvalue weighted by atomic mass is 9.72. The number of hydrogen-bond donors (Lipinski definition) is 0. The first kappa shape index (κ1) is 21.7. The maximum atomic E-state index is 2.59. The second-order valence-corrected chi connectivity index (χ2v) is 11.3. The molecule has 1 heteroatoms. The Morgan fingerprint density at radius 3 is 2.24 bits per heavy atom. The van der Waals surface area contributed by atoms with Crippen LogP contribution in [0, 0.1) is 0 Å². The smallest absolute Gasteiger partial charge is 0.0579 e. The Hall–Kier alpha value is -4.36. The Morgan fingerprint density at radius 1 is 0.632 bits per heavy atom. The Morgan fingerprint density at radius 2 is 1.37 bits per heavy atom. The number of benzene rings is 5. The van der Waals surface area contributed by atoms with Gasteiger partial charge in [-0.15, -0.1) is 0 Å². The van der Waals surface area contributed by atoms with E-state index in [1.165, 1.54) is 71.7 Å². The van der Waals surface area contributed by atoms with Crippen LogP contribution in [0.3, 0.4) is 0 Å². The highest BCUT2D eigenvalue weighted by molar-refractivity contribution is 6.15. The van der Waals surface area contributed by atoms with Gasteiger partial charge >= 0.3 is 0 Å². The highest BCUT2D eigenvalue weighted by atomic mass is 15.0. The van der Waals surface area contributed by atoms with E-state index >= 15 is 0 Å². The third-order valence-corrected chi connectivity index (χ3v) is 8.81. The minimum atomic E-state index is -0.0547. The molecule has 0 saturated carbocycles. The minimum Gasteiger partial charge on any atom is -0.312 e. The van der Waals surface area contributed by atoms with Crippen molar-refractivity contribution in [2.75, 3.05) is 0 Å². The van der Waals surface area contributed by atoms with Crippen molar-refractivity contribution in [1.29, 1.82) is 0 Å². The molecule has 1 aromatic heterocycles. The number of hydrogen-bond acceptors (Lipinski definition) is 0. The zero-order valence-electron chi connectivity index (χ0n) is 21.8. The van der Waals surface area contributed by atoms with Crippen LogP contribution in [-0.4, -0.2) is 4.57 Å². The SMILES string of the molecule is CC1(C)C2=C(CCC=C2)n2c3ccc(-c4ccc5ccccc5c4)cc3c3cc(-c4ccccc4)cc1c32. The summed E-state index contributed by atoms with van der Waals surface area (Å²) in [7, 11) is 0. The average molecular weight is 488 g/mol. The lowest BCUT2D eigenvalue weighted by molar-refractivity contribution is 0.624. The van der Waals surface area contributed by atoms with E-state index in [9.17, 15) is 0 Å². The average Bonchev–Trinajstić information content (AvgIpc) is 3.30. The summed E-state index contributed by atoms with van der Waals surface area (Å²) in [6, 6.07) is 38.3. The van der Waals surface area contributed by atoms with Gasteiger partial charge in [0.05, 0.1) is 11.0 Å². The molecule has 38 heavy (non-hydrogen) atoms. The molecule has 1 aliphatic heterocycles. The van der Waals surface area contributed by atoms with Gasteiger partial charge in [-0.1, -0.05) is 98.8 Å². The topological polar surface area (TPSA) is 4.93 Å².